The Labute approximate surface area is 230 Å². The molecule has 39 heavy (non-hydrogen) atoms. The third-order valence-corrected chi connectivity index (χ3v) is 6.85. The first-order valence-electron chi connectivity index (χ1n) is 13.8. The van der Waals surface area contributed by atoms with Gasteiger partial charge in [-0.25, -0.2) is 4.79 Å². The molecule has 9 nitrogen and oxygen atoms in total. The summed E-state index contributed by atoms with van der Waals surface area (Å²) in [5.41, 5.74) is 2.72. The second-order valence-corrected chi connectivity index (χ2v) is 11.1. The SMILES string of the molecule is CCNC(=O)Nc1cccc([C@@H]2O[C@H](CN3CCC[C@H]3C(=O)OC(C)(C)C)C[C@H](c3ccc(CO)cc3)O2)c1. The molecule has 0 bridgehead atoms. The highest BCUT2D eigenvalue weighted by molar-refractivity contribution is 5.89. The Kier molecular flexibility index (Phi) is 9.61. The molecule has 212 valence electrons. The molecule has 2 heterocycles. The Hall–Kier alpha value is -2.98. The molecule has 3 N–H and O–H groups in total. The summed E-state index contributed by atoms with van der Waals surface area (Å²) in [5.74, 6) is -0.191. The Morgan fingerprint density at radius 1 is 1.10 bits per heavy atom. The molecule has 0 radical (unpaired) electrons. The summed E-state index contributed by atoms with van der Waals surface area (Å²) >= 11 is 0. The van der Waals surface area contributed by atoms with Gasteiger partial charge in [0.05, 0.1) is 18.8 Å². The smallest absolute Gasteiger partial charge is 0.323 e. The van der Waals surface area contributed by atoms with Gasteiger partial charge in [-0.15, -0.1) is 0 Å². The Bertz CT molecular complexity index is 1120. The van der Waals surface area contributed by atoms with Gasteiger partial charge in [0.2, 0.25) is 0 Å². The fraction of sp³-hybridized carbons (Fsp3) is 0.533. The maximum absolute atomic E-state index is 12.9. The van der Waals surface area contributed by atoms with Gasteiger partial charge in [-0.3, -0.25) is 9.69 Å². The van der Waals surface area contributed by atoms with Crippen LogP contribution in [0.1, 0.15) is 76.0 Å². The number of likely N-dealkylation sites (tertiary alicyclic amines) is 1. The van der Waals surface area contributed by atoms with E-state index in [1.54, 1.807) is 0 Å². The fourth-order valence-electron chi connectivity index (χ4n) is 5.07. The predicted molar refractivity (Wildman–Crippen MR) is 148 cm³/mol. The molecule has 0 unspecified atom stereocenters. The van der Waals surface area contributed by atoms with E-state index in [-0.39, 0.29) is 36.9 Å². The zero-order valence-electron chi connectivity index (χ0n) is 23.3. The summed E-state index contributed by atoms with van der Waals surface area (Å²) in [6, 6.07) is 14.6. The summed E-state index contributed by atoms with van der Waals surface area (Å²) < 4.78 is 18.6. The van der Waals surface area contributed by atoms with E-state index in [0.29, 0.717) is 25.2 Å². The lowest BCUT2D eigenvalue weighted by Crippen LogP contribution is -2.45. The predicted octanol–water partition coefficient (Wildman–Crippen LogP) is 4.67. The van der Waals surface area contributed by atoms with Crippen LogP contribution >= 0.6 is 0 Å². The number of aliphatic hydroxyl groups excluding tert-OH is 1. The number of benzene rings is 2. The largest absolute Gasteiger partial charge is 0.459 e. The molecule has 2 amide bonds. The number of carbonyl (C=O) groups is 2. The van der Waals surface area contributed by atoms with Crippen LogP contribution in [0.3, 0.4) is 0 Å². The molecule has 0 saturated carbocycles. The van der Waals surface area contributed by atoms with Crippen LogP contribution in [0.4, 0.5) is 10.5 Å². The lowest BCUT2D eigenvalue weighted by Gasteiger charge is -2.38. The number of rotatable bonds is 8. The molecule has 2 aromatic rings. The molecule has 0 spiro atoms. The normalized spacial score (nSPS) is 23.8. The summed E-state index contributed by atoms with van der Waals surface area (Å²) in [7, 11) is 0. The highest BCUT2D eigenvalue weighted by atomic mass is 16.7. The number of hydrogen-bond acceptors (Lipinski definition) is 7. The van der Waals surface area contributed by atoms with Crippen LogP contribution in [0, 0.1) is 0 Å². The van der Waals surface area contributed by atoms with E-state index in [9.17, 15) is 14.7 Å². The van der Waals surface area contributed by atoms with Gasteiger partial charge in [0.15, 0.2) is 6.29 Å². The van der Waals surface area contributed by atoms with E-state index in [4.69, 9.17) is 14.2 Å². The maximum atomic E-state index is 12.9. The van der Waals surface area contributed by atoms with Crippen LogP contribution in [0.5, 0.6) is 0 Å². The molecule has 2 aromatic carbocycles. The van der Waals surface area contributed by atoms with Crippen molar-refractivity contribution in [2.45, 2.75) is 83.7 Å². The van der Waals surface area contributed by atoms with Crippen molar-refractivity contribution in [1.29, 1.82) is 0 Å². The van der Waals surface area contributed by atoms with Crippen LogP contribution in [-0.4, -0.2) is 59.4 Å². The molecule has 2 fully saturated rings. The number of aliphatic hydroxyl groups is 1. The van der Waals surface area contributed by atoms with Crippen LogP contribution in [0.15, 0.2) is 48.5 Å². The van der Waals surface area contributed by atoms with E-state index in [1.165, 1.54) is 0 Å². The molecule has 2 saturated heterocycles. The van der Waals surface area contributed by atoms with Crippen LogP contribution < -0.4 is 10.6 Å². The van der Waals surface area contributed by atoms with E-state index < -0.39 is 11.9 Å². The minimum Gasteiger partial charge on any atom is -0.459 e. The van der Waals surface area contributed by atoms with Crippen molar-refractivity contribution < 1.29 is 28.9 Å². The summed E-state index contributed by atoms with van der Waals surface area (Å²) in [4.78, 5) is 27.2. The maximum Gasteiger partial charge on any atom is 0.323 e. The lowest BCUT2D eigenvalue weighted by molar-refractivity contribution is -0.253. The van der Waals surface area contributed by atoms with Gasteiger partial charge in [-0.2, -0.15) is 0 Å². The zero-order valence-corrected chi connectivity index (χ0v) is 23.3. The van der Waals surface area contributed by atoms with Gasteiger partial charge in [0.25, 0.3) is 0 Å². The quantitative estimate of drug-likeness (QED) is 0.418. The van der Waals surface area contributed by atoms with Gasteiger partial charge in [0.1, 0.15) is 11.6 Å². The minimum absolute atomic E-state index is 0.0213. The van der Waals surface area contributed by atoms with Crippen molar-refractivity contribution in [2.75, 3.05) is 25.0 Å². The van der Waals surface area contributed by atoms with Crippen molar-refractivity contribution in [3.63, 3.8) is 0 Å². The number of hydrogen-bond donors (Lipinski definition) is 3. The summed E-state index contributed by atoms with van der Waals surface area (Å²) in [6.07, 6.45) is 1.20. The number of nitrogens with zero attached hydrogens (tertiary/aromatic N) is 1. The van der Waals surface area contributed by atoms with E-state index in [2.05, 4.69) is 15.5 Å². The topological polar surface area (TPSA) is 109 Å². The zero-order chi connectivity index (χ0) is 28.0. The highest BCUT2D eigenvalue weighted by Gasteiger charge is 2.39. The van der Waals surface area contributed by atoms with Crippen LogP contribution in [0.2, 0.25) is 0 Å². The summed E-state index contributed by atoms with van der Waals surface area (Å²) in [5, 5.41) is 15.0. The van der Waals surface area contributed by atoms with Crippen molar-refractivity contribution in [2.24, 2.45) is 0 Å². The molecular formula is C30H41N3O6. The van der Waals surface area contributed by atoms with Gasteiger partial charge in [-0.1, -0.05) is 36.4 Å². The molecule has 4 rings (SSSR count). The lowest BCUT2D eigenvalue weighted by atomic mass is 9.99. The van der Waals surface area contributed by atoms with Crippen molar-refractivity contribution in [3.05, 3.63) is 65.2 Å². The van der Waals surface area contributed by atoms with Gasteiger partial charge in [-0.05, 0) is 70.3 Å². The minimum atomic E-state index is -0.662. The first kappa shape index (κ1) is 29.0. The first-order valence-corrected chi connectivity index (χ1v) is 13.8. The van der Waals surface area contributed by atoms with Crippen molar-refractivity contribution in [1.82, 2.24) is 10.2 Å². The fourth-order valence-corrected chi connectivity index (χ4v) is 5.07. The van der Waals surface area contributed by atoms with Crippen molar-refractivity contribution in [3.8, 4) is 0 Å². The van der Waals surface area contributed by atoms with Crippen LogP contribution in [0.25, 0.3) is 0 Å². The molecule has 2 aliphatic rings. The standard InChI is InChI=1S/C30H41N3O6/c1-5-31-29(36)32-23-9-6-8-22(16-23)28-37-24(17-26(38-28)21-13-11-20(19-34)12-14-21)18-33-15-7-10-25(33)27(35)39-30(2,3)4/h6,8-9,11-14,16,24-26,28,34H,5,7,10,15,17-19H2,1-4H3,(H2,31,32,36)/t24-,25-,26+,28+/m0/s1. The van der Waals surface area contributed by atoms with Gasteiger partial charge >= 0.3 is 12.0 Å². The average Bonchev–Trinajstić information content (AvgIpc) is 3.36. The Morgan fingerprint density at radius 3 is 2.56 bits per heavy atom. The molecule has 0 aromatic heterocycles. The molecule has 4 atom stereocenters. The molecule has 2 aliphatic heterocycles. The molecular weight excluding hydrogens is 498 g/mol. The summed E-state index contributed by atoms with van der Waals surface area (Å²) in [6.45, 7) is 9.41. The third-order valence-electron chi connectivity index (χ3n) is 6.85. The average molecular weight is 540 g/mol. The van der Waals surface area contributed by atoms with Gasteiger partial charge < -0.3 is 30.0 Å². The Morgan fingerprint density at radius 2 is 1.87 bits per heavy atom. The third kappa shape index (κ3) is 8.02. The van der Waals surface area contributed by atoms with Gasteiger partial charge in [0, 0.05) is 30.8 Å². The number of esters is 1. The Balaban J connectivity index is 1.54. The van der Waals surface area contributed by atoms with Crippen LogP contribution in [-0.2, 0) is 25.6 Å². The number of nitrogens with one attached hydrogen (secondary N) is 2. The van der Waals surface area contributed by atoms with E-state index >= 15 is 0 Å². The monoisotopic (exact) mass is 539 g/mol. The van der Waals surface area contributed by atoms with E-state index in [1.807, 2.05) is 76.2 Å². The first-order chi connectivity index (χ1) is 18.6. The number of ether oxygens (including phenoxy) is 3. The second-order valence-electron chi connectivity index (χ2n) is 11.1. The molecule has 9 heteroatoms. The van der Waals surface area contributed by atoms with Crippen molar-refractivity contribution >= 4 is 17.7 Å². The molecule has 0 aliphatic carbocycles. The van der Waals surface area contributed by atoms with E-state index in [0.717, 1.165) is 36.1 Å². The number of anilines is 1. The number of amides is 2. The second kappa shape index (κ2) is 12.9. The number of carbonyl (C=O) groups excluding carboxylic acids is 2. The number of urea groups is 1. The highest BCUT2D eigenvalue weighted by Crippen LogP contribution is 2.39.